The maximum Gasteiger partial charge on any atom is 0.146 e. The summed E-state index contributed by atoms with van der Waals surface area (Å²) in [6.07, 6.45) is 1.66. The van der Waals surface area contributed by atoms with E-state index in [1.54, 1.807) is 24.4 Å². The Labute approximate surface area is 104 Å². The van der Waals surface area contributed by atoms with E-state index in [4.69, 9.17) is 27.9 Å². The average Bonchev–Trinajstić information content (AvgIpc) is 2.32. The van der Waals surface area contributed by atoms with Crippen molar-refractivity contribution in [2.75, 3.05) is 0 Å². The van der Waals surface area contributed by atoms with Crippen LogP contribution in [0.15, 0.2) is 42.6 Å². The minimum atomic E-state index is 0.361. The number of aromatic nitrogens is 1. The topological polar surface area (TPSA) is 22.1 Å². The second kappa shape index (κ2) is 5.19. The Morgan fingerprint density at radius 3 is 2.75 bits per heavy atom. The van der Waals surface area contributed by atoms with E-state index in [-0.39, 0.29) is 0 Å². The van der Waals surface area contributed by atoms with Crippen LogP contribution < -0.4 is 4.74 Å². The van der Waals surface area contributed by atoms with Crippen LogP contribution >= 0.6 is 23.2 Å². The van der Waals surface area contributed by atoms with E-state index in [2.05, 4.69) is 4.98 Å². The van der Waals surface area contributed by atoms with Crippen LogP contribution in [-0.2, 0) is 5.88 Å². The van der Waals surface area contributed by atoms with E-state index < -0.39 is 0 Å². The van der Waals surface area contributed by atoms with Gasteiger partial charge in [-0.1, -0.05) is 23.7 Å². The zero-order valence-electron chi connectivity index (χ0n) is 8.36. The van der Waals surface area contributed by atoms with E-state index in [0.29, 0.717) is 22.4 Å². The quantitative estimate of drug-likeness (QED) is 0.763. The Morgan fingerprint density at radius 2 is 2.00 bits per heavy atom. The molecular formula is C12H9Cl2NO. The number of alkyl halides is 1. The Balaban J connectivity index is 2.24. The first-order valence-electron chi connectivity index (χ1n) is 4.73. The highest BCUT2D eigenvalue weighted by atomic mass is 35.5. The number of hydrogen-bond donors (Lipinski definition) is 0. The maximum atomic E-state index is 5.98. The predicted molar refractivity (Wildman–Crippen MR) is 65.3 cm³/mol. The molecule has 0 aliphatic rings. The molecule has 0 saturated heterocycles. The highest BCUT2D eigenvalue weighted by Gasteiger charge is 2.02. The maximum absolute atomic E-state index is 5.98. The molecule has 0 radical (unpaired) electrons. The highest BCUT2D eigenvalue weighted by molar-refractivity contribution is 6.32. The van der Waals surface area contributed by atoms with E-state index in [1.165, 1.54) is 0 Å². The van der Waals surface area contributed by atoms with Crippen LogP contribution in [0.5, 0.6) is 11.5 Å². The summed E-state index contributed by atoms with van der Waals surface area (Å²) in [5.41, 5.74) is 0.770. The Hall–Kier alpha value is -1.25. The third-order valence-corrected chi connectivity index (χ3v) is 2.58. The lowest BCUT2D eigenvalue weighted by atomic mass is 10.3. The van der Waals surface area contributed by atoms with Crippen molar-refractivity contribution in [3.8, 4) is 11.5 Å². The summed E-state index contributed by atoms with van der Waals surface area (Å²) in [5.74, 6) is 1.66. The zero-order valence-corrected chi connectivity index (χ0v) is 9.87. The van der Waals surface area contributed by atoms with Crippen molar-refractivity contribution < 1.29 is 4.74 Å². The lowest BCUT2D eigenvalue weighted by molar-refractivity contribution is 0.481. The van der Waals surface area contributed by atoms with Crippen molar-refractivity contribution in [3.05, 3.63) is 53.3 Å². The molecule has 1 heterocycles. The van der Waals surface area contributed by atoms with Gasteiger partial charge >= 0.3 is 0 Å². The SMILES string of the molecule is ClCc1cc(Oc2ccccc2Cl)ccn1. The molecule has 0 N–H and O–H groups in total. The summed E-state index contributed by atoms with van der Waals surface area (Å²) in [5, 5.41) is 0.576. The molecule has 82 valence electrons. The highest BCUT2D eigenvalue weighted by Crippen LogP contribution is 2.28. The van der Waals surface area contributed by atoms with E-state index >= 15 is 0 Å². The number of benzene rings is 1. The third-order valence-electron chi connectivity index (χ3n) is 1.99. The molecule has 0 amide bonds. The van der Waals surface area contributed by atoms with Crippen LogP contribution in [-0.4, -0.2) is 4.98 Å². The van der Waals surface area contributed by atoms with Gasteiger partial charge in [0.1, 0.15) is 11.5 Å². The largest absolute Gasteiger partial charge is 0.456 e. The number of pyridine rings is 1. The van der Waals surface area contributed by atoms with Crippen molar-refractivity contribution >= 4 is 23.2 Å². The van der Waals surface area contributed by atoms with Gasteiger partial charge in [-0.2, -0.15) is 0 Å². The van der Waals surface area contributed by atoms with Crippen molar-refractivity contribution in [1.82, 2.24) is 4.98 Å². The van der Waals surface area contributed by atoms with Gasteiger partial charge < -0.3 is 4.74 Å². The van der Waals surface area contributed by atoms with E-state index in [0.717, 1.165) is 5.69 Å². The van der Waals surface area contributed by atoms with Crippen LogP contribution in [0.3, 0.4) is 0 Å². The first kappa shape index (κ1) is 11.2. The lowest BCUT2D eigenvalue weighted by Gasteiger charge is -2.07. The molecule has 0 atom stereocenters. The van der Waals surface area contributed by atoms with Crippen LogP contribution in [0.4, 0.5) is 0 Å². The second-order valence-electron chi connectivity index (χ2n) is 3.15. The minimum absolute atomic E-state index is 0.361. The number of halogens is 2. The fraction of sp³-hybridized carbons (Fsp3) is 0.0833. The fourth-order valence-corrected chi connectivity index (χ4v) is 1.57. The predicted octanol–water partition coefficient (Wildman–Crippen LogP) is 4.27. The Bertz CT molecular complexity index is 488. The number of ether oxygens (including phenoxy) is 1. The molecule has 0 aliphatic carbocycles. The van der Waals surface area contributed by atoms with Gasteiger partial charge in [-0.3, -0.25) is 4.98 Å². The molecule has 0 unspecified atom stereocenters. The number of rotatable bonds is 3. The Kier molecular flexibility index (Phi) is 3.65. The van der Waals surface area contributed by atoms with Gasteiger partial charge in [0.05, 0.1) is 16.6 Å². The van der Waals surface area contributed by atoms with Crippen LogP contribution in [0.2, 0.25) is 5.02 Å². The van der Waals surface area contributed by atoms with Gasteiger partial charge in [0.15, 0.2) is 0 Å². The standard InChI is InChI=1S/C12H9Cl2NO/c13-8-9-7-10(5-6-15-9)16-12-4-2-1-3-11(12)14/h1-7H,8H2. The smallest absolute Gasteiger partial charge is 0.146 e. The molecular weight excluding hydrogens is 245 g/mol. The van der Waals surface area contributed by atoms with Gasteiger partial charge in [0.2, 0.25) is 0 Å². The van der Waals surface area contributed by atoms with E-state index in [1.807, 2.05) is 18.2 Å². The second-order valence-corrected chi connectivity index (χ2v) is 3.82. The number of para-hydroxylation sites is 1. The molecule has 0 aliphatic heterocycles. The summed E-state index contributed by atoms with van der Waals surface area (Å²) in [6, 6.07) is 10.9. The third kappa shape index (κ3) is 2.65. The molecule has 0 spiro atoms. The minimum Gasteiger partial charge on any atom is -0.456 e. The molecule has 1 aromatic carbocycles. The van der Waals surface area contributed by atoms with Crippen molar-refractivity contribution in [3.63, 3.8) is 0 Å². The monoisotopic (exact) mass is 253 g/mol. The molecule has 2 aromatic rings. The molecule has 16 heavy (non-hydrogen) atoms. The lowest BCUT2D eigenvalue weighted by Crippen LogP contribution is -1.89. The normalized spacial score (nSPS) is 10.1. The van der Waals surface area contributed by atoms with Crippen LogP contribution in [0.25, 0.3) is 0 Å². The van der Waals surface area contributed by atoms with E-state index in [9.17, 15) is 0 Å². The van der Waals surface area contributed by atoms with Gasteiger partial charge in [0, 0.05) is 12.3 Å². The van der Waals surface area contributed by atoms with Gasteiger partial charge in [-0.15, -0.1) is 11.6 Å². The fourth-order valence-electron chi connectivity index (χ4n) is 1.25. The summed E-state index contributed by atoms with van der Waals surface area (Å²) in [4.78, 5) is 4.08. The van der Waals surface area contributed by atoms with Gasteiger partial charge in [0.25, 0.3) is 0 Å². The average molecular weight is 254 g/mol. The number of hydrogen-bond acceptors (Lipinski definition) is 2. The number of nitrogens with zero attached hydrogens (tertiary/aromatic N) is 1. The summed E-state index contributed by atoms with van der Waals surface area (Å²) >= 11 is 11.7. The molecule has 2 nitrogen and oxygen atoms in total. The van der Waals surface area contributed by atoms with Gasteiger partial charge in [-0.25, -0.2) is 0 Å². The molecule has 0 fully saturated rings. The Morgan fingerprint density at radius 1 is 1.19 bits per heavy atom. The molecule has 2 rings (SSSR count). The first-order valence-corrected chi connectivity index (χ1v) is 5.64. The summed E-state index contributed by atoms with van der Waals surface area (Å²) in [6.45, 7) is 0. The van der Waals surface area contributed by atoms with Crippen LogP contribution in [0, 0.1) is 0 Å². The summed E-state index contributed by atoms with van der Waals surface area (Å²) in [7, 11) is 0. The molecule has 0 saturated carbocycles. The van der Waals surface area contributed by atoms with Crippen molar-refractivity contribution in [2.45, 2.75) is 5.88 Å². The van der Waals surface area contributed by atoms with Crippen LogP contribution in [0.1, 0.15) is 5.69 Å². The molecule has 0 bridgehead atoms. The zero-order chi connectivity index (χ0) is 11.4. The van der Waals surface area contributed by atoms with Crippen molar-refractivity contribution in [2.24, 2.45) is 0 Å². The summed E-state index contributed by atoms with van der Waals surface area (Å²) < 4.78 is 5.62. The van der Waals surface area contributed by atoms with Gasteiger partial charge in [-0.05, 0) is 18.2 Å². The molecule has 1 aromatic heterocycles. The molecule has 4 heteroatoms. The first-order chi connectivity index (χ1) is 7.79. The van der Waals surface area contributed by atoms with Crippen molar-refractivity contribution in [1.29, 1.82) is 0 Å².